The van der Waals surface area contributed by atoms with Crippen molar-refractivity contribution >= 4 is 29.9 Å². The smallest absolute Gasteiger partial charge is 0.254 e. The molecule has 6 heteroatoms. The molecule has 1 atom stereocenters. The first-order valence-electron chi connectivity index (χ1n) is 8.95. The first-order chi connectivity index (χ1) is 12.6. The molecule has 146 valence electrons. The van der Waals surface area contributed by atoms with Gasteiger partial charge in [-0.25, -0.2) is 0 Å². The molecular formula is C21H26Cl2N2O2. The number of hydrogen-bond donors (Lipinski definition) is 1. The molecule has 1 aliphatic heterocycles. The van der Waals surface area contributed by atoms with Gasteiger partial charge in [-0.2, -0.15) is 0 Å². The minimum Gasteiger partial charge on any atom is -0.496 e. The lowest BCUT2D eigenvalue weighted by Crippen LogP contribution is -2.27. The SMILES string of the molecule is COc1ccc(Cl)cc1CN(C)C(=O)c1ccccc1CC1CCNC1.Cl. The van der Waals surface area contributed by atoms with Crippen LogP contribution in [-0.2, 0) is 13.0 Å². The maximum absolute atomic E-state index is 13.1. The molecule has 1 fully saturated rings. The summed E-state index contributed by atoms with van der Waals surface area (Å²) in [5.41, 5.74) is 2.80. The maximum atomic E-state index is 13.1. The fourth-order valence-corrected chi connectivity index (χ4v) is 3.70. The second-order valence-electron chi connectivity index (χ2n) is 6.84. The molecule has 0 aromatic heterocycles. The molecule has 0 aliphatic carbocycles. The Balaban J connectivity index is 0.00000261. The van der Waals surface area contributed by atoms with Crippen LogP contribution in [0.15, 0.2) is 42.5 Å². The number of ether oxygens (including phenoxy) is 1. The molecule has 2 aromatic rings. The molecule has 27 heavy (non-hydrogen) atoms. The molecule has 1 unspecified atom stereocenters. The van der Waals surface area contributed by atoms with Gasteiger partial charge in [0.2, 0.25) is 0 Å². The number of benzene rings is 2. The van der Waals surface area contributed by atoms with Gasteiger partial charge in [0.15, 0.2) is 0 Å². The summed E-state index contributed by atoms with van der Waals surface area (Å²) >= 11 is 6.11. The molecule has 0 radical (unpaired) electrons. The molecule has 0 spiro atoms. The normalized spacial score (nSPS) is 15.9. The average Bonchev–Trinajstić information content (AvgIpc) is 3.15. The van der Waals surface area contributed by atoms with Crippen LogP contribution < -0.4 is 10.1 Å². The molecule has 1 aliphatic rings. The van der Waals surface area contributed by atoms with Gasteiger partial charge >= 0.3 is 0 Å². The van der Waals surface area contributed by atoms with Crippen LogP contribution in [0, 0.1) is 5.92 Å². The van der Waals surface area contributed by atoms with E-state index < -0.39 is 0 Å². The van der Waals surface area contributed by atoms with Gasteiger partial charge in [-0.3, -0.25) is 4.79 Å². The molecular weight excluding hydrogens is 383 g/mol. The Morgan fingerprint density at radius 1 is 1.26 bits per heavy atom. The van der Waals surface area contributed by atoms with Crippen molar-refractivity contribution in [3.8, 4) is 5.75 Å². The number of nitrogens with zero attached hydrogens (tertiary/aromatic N) is 1. The van der Waals surface area contributed by atoms with Crippen LogP contribution in [0.4, 0.5) is 0 Å². The Morgan fingerprint density at radius 3 is 2.74 bits per heavy atom. The fourth-order valence-electron chi connectivity index (χ4n) is 3.51. The van der Waals surface area contributed by atoms with Gasteiger partial charge < -0.3 is 15.0 Å². The van der Waals surface area contributed by atoms with Crippen molar-refractivity contribution in [1.29, 1.82) is 0 Å². The first kappa shape index (κ1) is 21.5. The Labute approximate surface area is 172 Å². The number of methoxy groups -OCH3 is 1. The minimum absolute atomic E-state index is 0. The third-order valence-corrected chi connectivity index (χ3v) is 5.15. The quantitative estimate of drug-likeness (QED) is 0.778. The van der Waals surface area contributed by atoms with Crippen molar-refractivity contribution in [3.63, 3.8) is 0 Å². The van der Waals surface area contributed by atoms with Crippen LogP contribution in [0.3, 0.4) is 0 Å². The van der Waals surface area contributed by atoms with E-state index in [1.807, 2.05) is 37.4 Å². The largest absolute Gasteiger partial charge is 0.496 e. The van der Waals surface area contributed by atoms with Gasteiger partial charge in [0.25, 0.3) is 5.91 Å². The zero-order valence-corrected chi connectivity index (χ0v) is 17.3. The summed E-state index contributed by atoms with van der Waals surface area (Å²) in [6.07, 6.45) is 2.10. The number of carbonyl (C=O) groups is 1. The molecule has 1 amide bonds. The number of carbonyl (C=O) groups excluding carboxylic acids is 1. The second-order valence-corrected chi connectivity index (χ2v) is 7.27. The zero-order valence-electron chi connectivity index (χ0n) is 15.7. The number of halogens is 2. The number of nitrogens with one attached hydrogen (secondary N) is 1. The standard InChI is InChI=1S/C21H25ClN2O2.ClH/c1-24(14-17-12-18(22)7-8-20(17)26-2)21(25)19-6-4-3-5-16(19)11-15-9-10-23-13-15;/h3-8,12,15,23H,9-11,13-14H2,1-2H3;1H. The van der Waals surface area contributed by atoms with Gasteiger partial charge in [0.05, 0.1) is 7.11 Å². The Bertz CT molecular complexity index is 777. The highest BCUT2D eigenvalue weighted by Gasteiger charge is 2.21. The van der Waals surface area contributed by atoms with E-state index in [1.165, 1.54) is 0 Å². The molecule has 1 heterocycles. The summed E-state index contributed by atoms with van der Waals surface area (Å²) in [6, 6.07) is 13.4. The van der Waals surface area contributed by atoms with Crippen molar-refractivity contribution < 1.29 is 9.53 Å². The molecule has 3 rings (SSSR count). The van der Waals surface area contributed by atoms with Crippen LogP contribution in [0.1, 0.15) is 27.9 Å². The lowest BCUT2D eigenvalue weighted by atomic mass is 9.94. The Kier molecular flexibility index (Phi) is 7.96. The van der Waals surface area contributed by atoms with Gasteiger partial charge in [-0.1, -0.05) is 29.8 Å². The molecule has 2 aromatic carbocycles. The van der Waals surface area contributed by atoms with E-state index in [0.717, 1.165) is 48.4 Å². The fraction of sp³-hybridized carbons (Fsp3) is 0.381. The number of amides is 1. The highest BCUT2D eigenvalue weighted by Crippen LogP contribution is 2.25. The van der Waals surface area contributed by atoms with Crippen LogP contribution >= 0.6 is 24.0 Å². The van der Waals surface area contributed by atoms with Crippen molar-refractivity contribution in [2.45, 2.75) is 19.4 Å². The number of hydrogen-bond acceptors (Lipinski definition) is 3. The summed E-state index contributed by atoms with van der Waals surface area (Å²) in [7, 11) is 3.44. The highest BCUT2D eigenvalue weighted by molar-refractivity contribution is 6.30. The summed E-state index contributed by atoms with van der Waals surface area (Å²) in [5, 5.41) is 4.03. The van der Waals surface area contributed by atoms with Crippen LogP contribution in [0.2, 0.25) is 5.02 Å². The van der Waals surface area contributed by atoms with Crippen LogP contribution in [-0.4, -0.2) is 38.1 Å². The van der Waals surface area contributed by atoms with Crippen LogP contribution in [0.5, 0.6) is 5.75 Å². The monoisotopic (exact) mass is 408 g/mol. The first-order valence-corrected chi connectivity index (χ1v) is 9.32. The van der Waals surface area contributed by atoms with Gasteiger partial charge in [0.1, 0.15) is 5.75 Å². The maximum Gasteiger partial charge on any atom is 0.254 e. The minimum atomic E-state index is 0. The van der Waals surface area contributed by atoms with E-state index >= 15 is 0 Å². The molecule has 1 saturated heterocycles. The van der Waals surface area contributed by atoms with Gasteiger partial charge in [-0.15, -0.1) is 12.4 Å². The van der Waals surface area contributed by atoms with Crippen molar-refractivity contribution in [2.24, 2.45) is 5.92 Å². The van der Waals surface area contributed by atoms with Crippen LogP contribution in [0.25, 0.3) is 0 Å². The molecule has 0 saturated carbocycles. The lowest BCUT2D eigenvalue weighted by molar-refractivity contribution is 0.0783. The van der Waals surface area contributed by atoms with Crippen molar-refractivity contribution in [2.75, 3.05) is 27.2 Å². The van der Waals surface area contributed by atoms with E-state index in [2.05, 4.69) is 11.4 Å². The lowest BCUT2D eigenvalue weighted by Gasteiger charge is -2.21. The summed E-state index contributed by atoms with van der Waals surface area (Å²) in [4.78, 5) is 14.8. The molecule has 1 N–H and O–H groups in total. The van der Waals surface area contributed by atoms with E-state index in [-0.39, 0.29) is 18.3 Å². The third kappa shape index (κ3) is 5.38. The van der Waals surface area contributed by atoms with Gasteiger partial charge in [-0.05, 0) is 61.7 Å². The highest BCUT2D eigenvalue weighted by atomic mass is 35.5. The van der Waals surface area contributed by atoms with E-state index in [1.54, 1.807) is 18.1 Å². The van der Waals surface area contributed by atoms with Crippen molar-refractivity contribution in [1.82, 2.24) is 10.2 Å². The summed E-state index contributed by atoms with van der Waals surface area (Å²) in [6.45, 7) is 2.54. The second kappa shape index (κ2) is 9.98. The number of rotatable bonds is 6. The summed E-state index contributed by atoms with van der Waals surface area (Å²) in [5.74, 6) is 1.36. The van der Waals surface area contributed by atoms with E-state index in [9.17, 15) is 4.79 Å². The topological polar surface area (TPSA) is 41.6 Å². The predicted octanol–water partition coefficient (Wildman–Crippen LogP) is 4.19. The summed E-state index contributed by atoms with van der Waals surface area (Å²) < 4.78 is 5.40. The zero-order chi connectivity index (χ0) is 18.5. The van der Waals surface area contributed by atoms with E-state index in [0.29, 0.717) is 17.5 Å². The predicted molar refractivity (Wildman–Crippen MR) is 112 cm³/mol. The molecule has 4 nitrogen and oxygen atoms in total. The Morgan fingerprint density at radius 2 is 2.04 bits per heavy atom. The van der Waals surface area contributed by atoms with E-state index in [4.69, 9.17) is 16.3 Å². The molecule has 0 bridgehead atoms. The Hall–Kier alpha value is -1.75. The average molecular weight is 409 g/mol. The third-order valence-electron chi connectivity index (χ3n) is 4.92. The van der Waals surface area contributed by atoms with Crippen molar-refractivity contribution in [3.05, 3.63) is 64.2 Å². The van der Waals surface area contributed by atoms with Gasteiger partial charge in [0, 0.05) is 29.7 Å².